The Bertz CT molecular complexity index is 664. The number of nitrogens with one attached hydrogen (secondary N) is 1. The summed E-state index contributed by atoms with van der Waals surface area (Å²) in [6, 6.07) is 0. The monoisotopic (exact) mass is 345 g/mol. The number of allylic oxidation sites excluding steroid dienone is 5. The van der Waals surface area contributed by atoms with Gasteiger partial charge in [0.05, 0.1) is 18.6 Å². The van der Waals surface area contributed by atoms with Crippen LogP contribution in [0.5, 0.6) is 0 Å². The van der Waals surface area contributed by atoms with Gasteiger partial charge in [-0.3, -0.25) is 0 Å². The number of aliphatic hydroxyl groups is 1. The van der Waals surface area contributed by atoms with Gasteiger partial charge in [-0.25, -0.2) is 0 Å². The Hall–Kier alpha value is -1.68. The van der Waals surface area contributed by atoms with Crippen molar-refractivity contribution in [3.05, 3.63) is 46.1 Å². The smallest absolute Gasteiger partial charge is 0.159 e. The molecule has 4 aliphatic rings. The quantitative estimate of drug-likeness (QED) is 0.733. The van der Waals surface area contributed by atoms with Crippen molar-refractivity contribution >= 4 is 0 Å². The van der Waals surface area contributed by atoms with Crippen LogP contribution in [0.25, 0.3) is 0 Å². The fourth-order valence-electron chi connectivity index (χ4n) is 3.54. The van der Waals surface area contributed by atoms with Crippen molar-refractivity contribution in [1.82, 2.24) is 5.32 Å². The van der Waals surface area contributed by atoms with Crippen LogP contribution in [-0.2, 0) is 9.47 Å². The van der Waals surface area contributed by atoms with Crippen molar-refractivity contribution in [2.45, 2.75) is 59.0 Å². The minimum Gasteiger partial charge on any atom is -0.512 e. The normalized spacial score (nSPS) is 24.0. The molecule has 2 N–H and O–H groups in total. The van der Waals surface area contributed by atoms with Crippen LogP contribution < -0.4 is 5.32 Å². The van der Waals surface area contributed by atoms with Crippen molar-refractivity contribution in [2.75, 3.05) is 20.2 Å². The molecule has 0 saturated carbocycles. The fraction of sp³-hybridized carbons (Fsp3) is 0.619. The highest BCUT2D eigenvalue weighted by Gasteiger charge is 2.48. The first-order chi connectivity index (χ1) is 11.7. The summed E-state index contributed by atoms with van der Waals surface area (Å²) in [5.41, 5.74) is 4.22. The van der Waals surface area contributed by atoms with Crippen LogP contribution in [0, 0.1) is 5.41 Å². The molecule has 1 saturated heterocycles. The minimum atomic E-state index is -0.257. The van der Waals surface area contributed by atoms with Crippen molar-refractivity contribution in [3.8, 4) is 0 Å². The maximum atomic E-state index is 9.77. The summed E-state index contributed by atoms with van der Waals surface area (Å²) in [6.07, 6.45) is 7.51. The van der Waals surface area contributed by atoms with Gasteiger partial charge in [0.2, 0.25) is 0 Å². The predicted octanol–water partition coefficient (Wildman–Crippen LogP) is 4.52. The van der Waals surface area contributed by atoms with Gasteiger partial charge in [0.1, 0.15) is 5.76 Å². The molecule has 4 rings (SSSR count). The Kier molecular flexibility index (Phi) is 4.76. The van der Waals surface area contributed by atoms with Gasteiger partial charge in [0.25, 0.3) is 0 Å². The number of aliphatic hydroxyl groups excluding tert-OH is 1. The molecule has 2 aliphatic heterocycles. The van der Waals surface area contributed by atoms with Crippen molar-refractivity contribution in [1.29, 1.82) is 0 Å². The number of hydrogen-bond donors (Lipinski definition) is 2. The van der Waals surface area contributed by atoms with E-state index in [2.05, 4.69) is 39.1 Å². The van der Waals surface area contributed by atoms with Crippen molar-refractivity contribution in [2.24, 2.45) is 5.41 Å². The Morgan fingerprint density at radius 2 is 1.68 bits per heavy atom. The van der Waals surface area contributed by atoms with Crippen LogP contribution in [0.1, 0.15) is 53.4 Å². The molecule has 25 heavy (non-hydrogen) atoms. The van der Waals surface area contributed by atoms with Gasteiger partial charge in [-0.05, 0) is 35.5 Å². The molecule has 0 aromatic heterocycles. The first-order valence-corrected chi connectivity index (χ1v) is 9.23. The van der Waals surface area contributed by atoms with E-state index in [0.29, 0.717) is 17.6 Å². The van der Waals surface area contributed by atoms with E-state index in [9.17, 15) is 5.11 Å². The van der Waals surface area contributed by atoms with Gasteiger partial charge < -0.3 is 19.9 Å². The van der Waals surface area contributed by atoms with Crippen LogP contribution in [-0.4, -0.2) is 30.9 Å². The first-order valence-electron chi connectivity index (χ1n) is 9.23. The van der Waals surface area contributed by atoms with Crippen LogP contribution in [0.2, 0.25) is 0 Å². The van der Waals surface area contributed by atoms with E-state index >= 15 is 0 Å². The average Bonchev–Trinajstić information content (AvgIpc) is 2.50. The van der Waals surface area contributed by atoms with Crippen molar-refractivity contribution in [3.63, 3.8) is 0 Å². The second-order valence-corrected chi connectivity index (χ2v) is 8.89. The Labute approximate surface area is 151 Å². The molecule has 0 atom stereocenters. The molecule has 0 amide bonds. The van der Waals surface area contributed by atoms with Crippen LogP contribution in [0.3, 0.4) is 0 Å². The third kappa shape index (κ3) is 3.79. The molecule has 0 radical (unpaired) electrons. The molecule has 138 valence electrons. The van der Waals surface area contributed by atoms with E-state index in [1.54, 1.807) is 13.2 Å². The summed E-state index contributed by atoms with van der Waals surface area (Å²) < 4.78 is 11.7. The third-order valence-electron chi connectivity index (χ3n) is 4.72. The van der Waals surface area contributed by atoms with Gasteiger partial charge in [-0.1, -0.05) is 27.7 Å². The van der Waals surface area contributed by atoms with E-state index in [-0.39, 0.29) is 5.60 Å². The highest BCUT2D eigenvalue weighted by atomic mass is 16.5. The number of rotatable bonds is 1. The predicted molar refractivity (Wildman–Crippen MR) is 100 cm³/mol. The molecule has 2 heterocycles. The molecule has 1 fully saturated rings. The molecule has 0 unspecified atom stereocenters. The molecular formula is C21H31NO3. The molecule has 2 aliphatic carbocycles. The Morgan fingerprint density at radius 3 is 2.24 bits per heavy atom. The molecule has 4 heteroatoms. The number of methoxy groups -OCH3 is 1. The summed E-state index contributed by atoms with van der Waals surface area (Å²) in [5, 5.41) is 13.1. The van der Waals surface area contributed by atoms with Gasteiger partial charge in [0, 0.05) is 37.6 Å². The Morgan fingerprint density at radius 1 is 1.04 bits per heavy atom. The largest absolute Gasteiger partial charge is 0.512 e. The summed E-state index contributed by atoms with van der Waals surface area (Å²) in [7, 11) is 1.73. The molecule has 0 bridgehead atoms. The third-order valence-corrected chi connectivity index (χ3v) is 4.72. The SMILES string of the molecule is CC(C)(C)C.COC1=CC2=C(CC1)C1=C(C=C(O)CC1)OC21CNC1. The number of hydrogen-bond acceptors (Lipinski definition) is 4. The van der Waals surface area contributed by atoms with Crippen LogP contribution in [0.4, 0.5) is 0 Å². The lowest BCUT2D eigenvalue weighted by Crippen LogP contribution is -2.63. The van der Waals surface area contributed by atoms with E-state index in [1.807, 2.05) is 0 Å². The maximum Gasteiger partial charge on any atom is 0.159 e. The number of fused-ring (bicyclic) bond motifs is 2. The standard InChI is InChI=1S/C16H19NO3.C5H12/c1-19-11-3-5-12-13-4-2-10(18)6-15(13)20-16(8-17-9-16)14(12)7-11;1-5(2,3)4/h6-7,17-18H,2-5,8-9H2,1H3;1-4H3. The van der Waals surface area contributed by atoms with Gasteiger partial charge >= 0.3 is 0 Å². The lowest BCUT2D eigenvalue weighted by Gasteiger charge is -2.49. The zero-order chi connectivity index (χ0) is 18.2. The summed E-state index contributed by atoms with van der Waals surface area (Å²) in [6.45, 7) is 10.4. The molecular weight excluding hydrogens is 314 g/mol. The second-order valence-electron chi connectivity index (χ2n) is 8.89. The van der Waals surface area contributed by atoms with Crippen LogP contribution >= 0.6 is 0 Å². The lowest BCUT2D eigenvalue weighted by atomic mass is 9.74. The second kappa shape index (κ2) is 6.56. The molecule has 1 spiro atoms. The maximum absolute atomic E-state index is 9.77. The highest BCUT2D eigenvalue weighted by molar-refractivity contribution is 5.56. The Balaban J connectivity index is 0.000000324. The summed E-state index contributed by atoms with van der Waals surface area (Å²) in [5.74, 6) is 2.35. The van der Waals surface area contributed by atoms with E-state index in [4.69, 9.17) is 9.47 Å². The van der Waals surface area contributed by atoms with Gasteiger partial charge in [-0.2, -0.15) is 0 Å². The molecule has 0 aromatic carbocycles. The van der Waals surface area contributed by atoms with Crippen LogP contribution in [0.15, 0.2) is 46.1 Å². The average molecular weight is 345 g/mol. The van der Waals surface area contributed by atoms with E-state index < -0.39 is 0 Å². The molecule has 4 nitrogen and oxygen atoms in total. The topological polar surface area (TPSA) is 50.7 Å². The summed E-state index contributed by atoms with van der Waals surface area (Å²) >= 11 is 0. The van der Waals surface area contributed by atoms with E-state index in [0.717, 1.165) is 43.9 Å². The fourth-order valence-corrected chi connectivity index (χ4v) is 3.54. The van der Waals surface area contributed by atoms with E-state index in [1.165, 1.54) is 16.7 Å². The zero-order valence-corrected chi connectivity index (χ0v) is 16.2. The van der Waals surface area contributed by atoms with Crippen molar-refractivity contribution < 1.29 is 14.6 Å². The minimum absolute atomic E-state index is 0.257. The zero-order valence-electron chi connectivity index (χ0n) is 16.2. The number of ether oxygens (including phenoxy) is 2. The lowest BCUT2D eigenvalue weighted by molar-refractivity contribution is -0.00931. The molecule has 0 aromatic rings. The van der Waals surface area contributed by atoms with Gasteiger partial charge in [0.15, 0.2) is 5.60 Å². The first kappa shape index (κ1) is 18.1. The highest BCUT2D eigenvalue weighted by Crippen LogP contribution is 2.47. The summed E-state index contributed by atoms with van der Waals surface area (Å²) in [4.78, 5) is 0. The van der Waals surface area contributed by atoms with Gasteiger partial charge in [-0.15, -0.1) is 0 Å².